The number of anilines is 1. The number of rotatable bonds is 6. The molecule has 2 rings (SSSR count). The summed E-state index contributed by atoms with van der Waals surface area (Å²) in [6.45, 7) is 7.42. The third kappa shape index (κ3) is 3.53. The Balaban J connectivity index is 1.73. The first kappa shape index (κ1) is 13.5. The Hall–Kier alpha value is -1.91. The highest BCUT2D eigenvalue weighted by atomic mass is 16.1. The summed E-state index contributed by atoms with van der Waals surface area (Å²) in [5.74, 6) is 1.25. The minimum absolute atomic E-state index is 0.107. The summed E-state index contributed by atoms with van der Waals surface area (Å²) in [6, 6.07) is 4.01. The molecular formula is C14H20N4O. The molecule has 1 fully saturated rings. The first-order valence-corrected chi connectivity index (χ1v) is 6.67. The molecule has 1 aromatic rings. The molecule has 2 heterocycles. The van der Waals surface area contributed by atoms with Crippen molar-refractivity contribution in [3.8, 4) is 0 Å². The van der Waals surface area contributed by atoms with Gasteiger partial charge in [-0.05, 0) is 24.5 Å². The van der Waals surface area contributed by atoms with Crippen LogP contribution in [0, 0.1) is 5.92 Å². The summed E-state index contributed by atoms with van der Waals surface area (Å²) in [4.78, 5) is 13.9. The van der Waals surface area contributed by atoms with Crippen molar-refractivity contribution in [2.75, 3.05) is 18.0 Å². The molecule has 1 atom stereocenters. The average Bonchev–Trinajstić information content (AvgIpc) is 2.40. The van der Waals surface area contributed by atoms with Crippen LogP contribution in [0.3, 0.4) is 0 Å². The van der Waals surface area contributed by atoms with E-state index in [1.54, 1.807) is 6.20 Å². The lowest BCUT2D eigenvalue weighted by molar-refractivity contribution is -0.122. The van der Waals surface area contributed by atoms with E-state index in [1.165, 1.54) is 0 Å². The molecule has 1 aliphatic rings. The Morgan fingerprint density at radius 1 is 1.68 bits per heavy atom. The van der Waals surface area contributed by atoms with E-state index in [4.69, 9.17) is 0 Å². The number of nitrogens with zero attached hydrogens (tertiary/aromatic N) is 3. The van der Waals surface area contributed by atoms with Gasteiger partial charge in [0.2, 0.25) is 5.91 Å². The van der Waals surface area contributed by atoms with Gasteiger partial charge in [-0.15, -0.1) is 11.7 Å². The minimum atomic E-state index is 0.107. The predicted molar refractivity (Wildman–Crippen MR) is 74.8 cm³/mol. The van der Waals surface area contributed by atoms with Crippen molar-refractivity contribution in [3.63, 3.8) is 0 Å². The Bertz CT molecular complexity index is 428. The topological polar surface area (TPSA) is 58.1 Å². The number of nitrogens with one attached hydrogen (secondary N) is 1. The number of hydrogen-bond acceptors (Lipinski definition) is 4. The molecule has 102 valence electrons. The summed E-state index contributed by atoms with van der Waals surface area (Å²) >= 11 is 0. The van der Waals surface area contributed by atoms with Crippen molar-refractivity contribution < 1.29 is 4.79 Å². The molecule has 5 nitrogen and oxygen atoms in total. The number of amides is 1. The van der Waals surface area contributed by atoms with Crippen LogP contribution in [0.4, 0.5) is 5.82 Å². The Labute approximate surface area is 113 Å². The van der Waals surface area contributed by atoms with Crippen molar-refractivity contribution >= 4 is 11.7 Å². The van der Waals surface area contributed by atoms with Crippen molar-refractivity contribution in [2.45, 2.75) is 25.8 Å². The molecule has 5 heteroatoms. The SMILES string of the molecule is C=CC(CC)CC(=O)NC1CN(c2cccnn2)C1. The Kier molecular flexibility index (Phi) is 4.49. The van der Waals surface area contributed by atoms with Gasteiger partial charge in [0.15, 0.2) is 5.82 Å². The number of carbonyl (C=O) groups is 1. The summed E-state index contributed by atoms with van der Waals surface area (Å²) in [5, 5.41) is 10.9. The molecule has 19 heavy (non-hydrogen) atoms. The predicted octanol–water partition coefficient (Wildman–Crippen LogP) is 1.38. The zero-order valence-corrected chi connectivity index (χ0v) is 11.2. The number of allylic oxidation sites excluding steroid dienone is 1. The fourth-order valence-electron chi connectivity index (χ4n) is 2.14. The molecule has 1 unspecified atom stereocenters. The maximum atomic E-state index is 11.8. The van der Waals surface area contributed by atoms with Gasteiger partial charge in [-0.25, -0.2) is 0 Å². The van der Waals surface area contributed by atoms with Crippen molar-refractivity contribution in [3.05, 3.63) is 31.0 Å². The normalized spacial score (nSPS) is 16.6. The summed E-state index contributed by atoms with van der Waals surface area (Å²) in [5.41, 5.74) is 0. The number of hydrogen-bond donors (Lipinski definition) is 1. The van der Waals surface area contributed by atoms with Crippen LogP contribution >= 0.6 is 0 Å². The van der Waals surface area contributed by atoms with Crippen LogP contribution in [0.5, 0.6) is 0 Å². The highest BCUT2D eigenvalue weighted by Crippen LogP contribution is 2.17. The Morgan fingerprint density at radius 2 is 2.47 bits per heavy atom. The third-order valence-corrected chi connectivity index (χ3v) is 3.43. The van der Waals surface area contributed by atoms with E-state index in [9.17, 15) is 4.79 Å². The Morgan fingerprint density at radius 3 is 3.05 bits per heavy atom. The molecule has 0 radical (unpaired) electrons. The lowest BCUT2D eigenvalue weighted by Crippen LogP contribution is -2.59. The van der Waals surface area contributed by atoms with Crippen LogP contribution in [-0.4, -0.2) is 35.2 Å². The summed E-state index contributed by atoms with van der Waals surface area (Å²) < 4.78 is 0. The van der Waals surface area contributed by atoms with Gasteiger partial charge in [-0.1, -0.05) is 13.0 Å². The average molecular weight is 260 g/mol. The monoisotopic (exact) mass is 260 g/mol. The fourth-order valence-corrected chi connectivity index (χ4v) is 2.14. The number of aromatic nitrogens is 2. The van der Waals surface area contributed by atoms with Gasteiger partial charge < -0.3 is 10.2 Å². The van der Waals surface area contributed by atoms with Gasteiger partial charge in [0.05, 0.1) is 6.04 Å². The first-order valence-electron chi connectivity index (χ1n) is 6.67. The third-order valence-electron chi connectivity index (χ3n) is 3.43. The lowest BCUT2D eigenvalue weighted by atomic mass is 10.0. The van der Waals surface area contributed by atoms with Gasteiger partial charge in [-0.2, -0.15) is 5.10 Å². The van der Waals surface area contributed by atoms with Crippen molar-refractivity contribution in [2.24, 2.45) is 5.92 Å². The molecule has 1 aromatic heterocycles. The zero-order valence-electron chi connectivity index (χ0n) is 11.2. The molecule has 0 aliphatic carbocycles. The highest BCUT2D eigenvalue weighted by Gasteiger charge is 2.29. The highest BCUT2D eigenvalue weighted by molar-refractivity contribution is 5.77. The molecule has 0 aromatic carbocycles. The number of carbonyl (C=O) groups excluding carboxylic acids is 1. The van der Waals surface area contributed by atoms with E-state index in [0.717, 1.165) is 25.3 Å². The van der Waals surface area contributed by atoms with Crippen LogP contribution < -0.4 is 10.2 Å². The second kappa shape index (κ2) is 6.31. The van der Waals surface area contributed by atoms with Crippen molar-refractivity contribution in [1.82, 2.24) is 15.5 Å². The molecule has 1 aliphatic heterocycles. The summed E-state index contributed by atoms with van der Waals surface area (Å²) in [6.07, 6.45) is 4.99. The van der Waals surface area contributed by atoms with E-state index in [-0.39, 0.29) is 17.9 Å². The second-order valence-corrected chi connectivity index (χ2v) is 4.86. The molecule has 1 saturated heterocycles. The maximum Gasteiger partial charge on any atom is 0.220 e. The molecule has 1 amide bonds. The van der Waals surface area contributed by atoms with Crippen LogP contribution in [0.1, 0.15) is 19.8 Å². The fraction of sp³-hybridized carbons (Fsp3) is 0.500. The zero-order chi connectivity index (χ0) is 13.7. The molecule has 0 bridgehead atoms. The van der Waals surface area contributed by atoms with Crippen LogP contribution in [0.15, 0.2) is 31.0 Å². The van der Waals surface area contributed by atoms with Crippen LogP contribution in [-0.2, 0) is 4.79 Å². The van der Waals surface area contributed by atoms with Gasteiger partial charge in [-0.3, -0.25) is 4.79 Å². The lowest BCUT2D eigenvalue weighted by Gasteiger charge is -2.40. The van der Waals surface area contributed by atoms with E-state index in [0.29, 0.717) is 6.42 Å². The van der Waals surface area contributed by atoms with Gasteiger partial charge >= 0.3 is 0 Å². The van der Waals surface area contributed by atoms with Crippen molar-refractivity contribution in [1.29, 1.82) is 0 Å². The van der Waals surface area contributed by atoms with Gasteiger partial charge in [0, 0.05) is 25.7 Å². The molecule has 0 spiro atoms. The van der Waals surface area contributed by atoms with Gasteiger partial charge in [0.1, 0.15) is 0 Å². The molecule has 0 saturated carbocycles. The van der Waals surface area contributed by atoms with E-state index in [2.05, 4.69) is 33.9 Å². The molecule has 1 N–H and O–H groups in total. The standard InChI is InChI=1S/C14H20N4O/c1-3-11(4-2)8-14(19)16-12-9-18(10-12)13-6-5-7-15-17-13/h3,5-7,11-12H,1,4,8-10H2,2H3,(H,16,19). The van der Waals surface area contributed by atoms with Gasteiger partial charge in [0.25, 0.3) is 0 Å². The quantitative estimate of drug-likeness (QED) is 0.785. The van der Waals surface area contributed by atoms with E-state index >= 15 is 0 Å². The van der Waals surface area contributed by atoms with Crippen LogP contribution in [0.2, 0.25) is 0 Å². The van der Waals surface area contributed by atoms with Crippen LogP contribution in [0.25, 0.3) is 0 Å². The smallest absolute Gasteiger partial charge is 0.220 e. The first-order chi connectivity index (χ1) is 9.22. The molecular weight excluding hydrogens is 240 g/mol. The minimum Gasteiger partial charge on any atom is -0.351 e. The summed E-state index contributed by atoms with van der Waals surface area (Å²) in [7, 11) is 0. The van der Waals surface area contributed by atoms with E-state index < -0.39 is 0 Å². The van der Waals surface area contributed by atoms with E-state index in [1.807, 2.05) is 18.2 Å². The maximum absolute atomic E-state index is 11.8. The second-order valence-electron chi connectivity index (χ2n) is 4.86. The largest absolute Gasteiger partial charge is 0.351 e.